The van der Waals surface area contributed by atoms with Crippen LogP contribution < -0.4 is 10.6 Å². The molecule has 2 aromatic rings. The fraction of sp³-hybridized carbons (Fsp3) is 0.550. The Balaban J connectivity index is 1.77. The first-order valence-corrected chi connectivity index (χ1v) is 9.93. The third-order valence-electron chi connectivity index (χ3n) is 6.21. The molecule has 0 saturated heterocycles. The second-order valence-electron chi connectivity index (χ2n) is 8.25. The molecule has 3 N–H and O–H groups in total. The van der Waals surface area contributed by atoms with E-state index in [1.807, 2.05) is 5.32 Å². The molecule has 0 radical (unpaired) electrons. The van der Waals surface area contributed by atoms with Crippen LogP contribution in [0.15, 0.2) is 12.1 Å². The highest BCUT2D eigenvalue weighted by Gasteiger charge is 2.68. The van der Waals surface area contributed by atoms with Crippen molar-refractivity contribution in [2.75, 3.05) is 5.32 Å². The van der Waals surface area contributed by atoms with E-state index >= 15 is 0 Å². The summed E-state index contributed by atoms with van der Waals surface area (Å²) >= 11 is 0. The number of imidazole rings is 1. The number of carbonyl (C=O) groups excluding carboxylic acids is 2. The number of amides is 2. The predicted molar refractivity (Wildman–Crippen MR) is 103 cm³/mol. The Morgan fingerprint density at radius 1 is 1.33 bits per heavy atom. The highest BCUT2D eigenvalue weighted by molar-refractivity contribution is 6.05. The lowest BCUT2D eigenvalue weighted by Gasteiger charge is -2.33. The van der Waals surface area contributed by atoms with Crippen LogP contribution in [0.2, 0.25) is 0 Å². The minimum absolute atomic E-state index is 0.0642. The Morgan fingerprint density at radius 3 is 2.60 bits per heavy atom. The number of aromatic nitrogens is 2. The van der Waals surface area contributed by atoms with Crippen LogP contribution in [0.5, 0.6) is 0 Å². The maximum atomic E-state index is 14.4. The van der Waals surface area contributed by atoms with Crippen LogP contribution in [-0.2, 0) is 15.3 Å². The number of fused-ring (bicyclic) bond motifs is 3. The molecule has 2 amide bonds. The molecule has 7 nitrogen and oxygen atoms in total. The molecule has 1 aliphatic heterocycles. The van der Waals surface area contributed by atoms with Gasteiger partial charge < -0.3 is 10.4 Å². The third-order valence-corrected chi connectivity index (χ3v) is 6.21. The summed E-state index contributed by atoms with van der Waals surface area (Å²) in [4.78, 5) is 29.3. The molecule has 1 saturated carbocycles. The number of halogens is 3. The molecular weight excluding hydrogens is 401 g/mol. The minimum atomic E-state index is -5.17. The van der Waals surface area contributed by atoms with E-state index in [9.17, 15) is 27.9 Å². The number of benzene rings is 1. The molecule has 1 aromatic heterocycles. The van der Waals surface area contributed by atoms with E-state index in [-0.39, 0.29) is 29.3 Å². The SMILES string of the molecule is Cc1cc2nc3n(c2cc1C)C(NC(=O)[C@@H](O)CC1CCCC1)(C(F)(F)F)C(=O)N3. The monoisotopic (exact) mass is 424 g/mol. The predicted octanol–water partition coefficient (Wildman–Crippen LogP) is 2.88. The van der Waals surface area contributed by atoms with Crippen LogP contribution in [-0.4, -0.2) is 38.8 Å². The number of alkyl halides is 3. The van der Waals surface area contributed by atoms with Crippen molar-refractivity contribution in [1.82, 2.24) is 14.9 Å². The van der Waals surface area contributed by atoms with Gasteiger partial charge in [-0.2, -0.15) is 13.2 Å². The topological polar surface area (TPSA) is 96.2 Å². The molecule has 1 aromatic carbocycles. The van der Waals surface area contributed by atoms with Crippen molar-refractivity contribution in [1.29, 1.82) is 0 Å². The van der Waals surface area contributed by atoms with E-state index in [1.54, 1.807) is 19.9 Å². The first kappa shape index (κ1) is 20.6. The van der Waals surface area contributed by atoms with Crippen LogP contribution in [0.4, 0.5) is 19.1 Å². The first-order valence-electron chi connectivity index (χ1n) is 9.93. The van der Waals surface area contributed by atoms with E-state index in [0.717, 1.165) is 31.2 Å². The smallest absolute Gasteiger partial charge is 0.383 e. The van der Waals surface area contributed by atoms with Crippen LogP contribution in [0.3, 0.4) is 0 Å². The highest BCUT2D eigenvalue weighted by Crippen LogP contribution is 2.44. The fourth-order valence-corrected chi connectivity index (χ4v) is 4.42. The number of aryl methyl sites for hydroxylation is 2. The molecule has 10 heteroatoms. The van der Waals surface area contributed by atoms with Crippen molar-refractivity contribution in [3.8, 4) is 0 Å². The van der Waals surface area contributed by atoms with Gasteiger partial charge in [0.25, 0.3) is 17.5 Å². The summed E-state index contributed by atoms with van der Waals surface area (Å²) in [6.45, 7) is 3.54. The zero-order valence-electron chi connectivity index (χ0n) is 16.6. The van der Waals surface area contributed by atoms with Crippen LogP contribution >= 0.6 is 0 Å². The van der Waals surface area contributed by atoms with Gasteiger partial charge in [0.05, 0.1) is 11.0 Å². The van der Waals surface area contributed by atoms with Gasteiger partial charge in [0.1, 0.15) is 6.10 Å². The van der Waals surface area contributed by atoms with Crippen molar-refractivity contribution in [2.45, 2.75) is 63.9 Å². The molecule has 2 aliphatic rings. The van der Waals surface area contributed by atoms with Gasteiger partial charge in [-0.15, -0.1) is 0 Å². The molecular formula is C20H23F3N4O3. The maximum absolute atomic E-state index is 14.4. The van der Waals surface area contributed by atoms with Gasteiger partial charge in [0, 0.05) is 0 Å². The number of hydrogen-bond acceptors (Lipinski definition) is 4. The third kappa shape index (κ3) is 3.05. The maximum Gasteiger partial charge on any atom is 0.440 e. The Bertz CT molecular complexity index is 1030. The first-order chi connectivity index (χ1) is 14.0. The Labute approximate surface area is 170 Å². The zero-order chi connectivity index (χ0) is 21.8. The van der Waals surface area contributed by atoms with Crippen molar-refractivity contribution in [3.63, 3.8) is 0 Å². The van der Waals surface area contributed by atoms with Gasteiger partial charge in [0.15, 0.2) is 0 Å². The lowest BCUT2D eigenvalue weighted by molar-refractivity contribution is -0.218. The summed E-state index contributed by atoms with van der Waals surface area (Å²) in [6, 6.07) is 3.13. The van der Waals surface area contributed by atoms with E-state index < -0.39 is 29.8 Å². The summed E-state index contributed by atoms with van der Waals surface area (Å²) in [7, 11) is 0. The lowest BCUT2D eigenvalue weighted by Crippen LogP contribution is -2.64. The summed E-state index contributed by atoms with van der Waals surface area (Å²) in [6.07, 6.45) is -3.15. The second-order valence-corrected chi connectivity index (χ2v) is 8.25. The van der Waals surface area contributed by atoms with Crippen LogP contribution in [0, 0.1) is 19.8 Å². The minimum Gasteiger partial charge on any atom is -0.383 e. The molecule has 2 atom stereocenters. The van der Waals surface area contributed by atoms with E-state index in [1.165, 1.54) is 6.07 Å². The van der Waals surface area contributed by atoms with Gasteiger partial charge >= 0.3 is 6.18 Å². The van der Waals surface area contributed by atoms with Crippen molar-refractivity contribution < 1.29 is 27.9 Å². The Kier molecular flexibility index (Phi) is 4.80. The van der Waals surface area contributed by atoms with Gasteiger partial charge in [-0.25, -0.2) is 4.98 Å². The molecule has 4 rings (SSSR count). The zero-order valence-corrected chi connectivity index (χ0v) is 16.6. The number of rotatable bonds is 4. The number of carbonyl (C=O) groups is 2. The van der Waals surface area contributed by atoms with Crippen LogP contribution in [0.25, 0.3) is 11.0 Å². The number of anilines is 1. The van der Waals surface area contributed by atoms with Gasteiger partial charge in [0.2, 0.25) is 5.95 Å². The lowest BCUT2D eigenvalue weighted by atomic mass is 9.99. The molecule has 1 unspecified atom stereocenters. The molecule has 0 bridgehead atoms. The second kappa shape index (κ2) is 6.97. The average molecular weight is 424 g/mol. The van der Waals surface area contributed by atoms with Crippen molar-refractivity contribution in [3.05, 3.63) is 23.3 Å². The summed E-state index contributed by atoms with van der Waals surface area (Å²) < 4.78 is 43.7. The summed E-state index contributed by atoms with van der Waals surface area (Å²) in [5, 5.41) is 14.2. The molecule has 30 heavy (non-hydrogen) atoms. The molecule has 0 spiro atoms. The number of nitrogens with one attached hydrogen (secondary N) is 2. The van der Waals surface area contributed by atoms with Crippen molar-refractivity contribution >= 4 is 28.8 Å². The molecule has 1 aliphatic carbocycles. The van der Waals surface area contributed by atoms with Gasteiger partial charge in [-0.05, 0) is 49.4 Å². The molecule has 162 valence electrons. The van der Waals surface area contributed by atoms with Crippen LogP contribution in [0.1, 0.15) is 43.2 Å². The molecule has 2 heterocycles. The summed E-state index contributed by atoms with van der Waals surface area (Å²) in [5.74, 6) is -2.91. The van der Waals surface area contributed by atoms with Gasteiger partial charge in [-0.3, -0.25) is 19.5 Å². The summed E-state index contributed by atoms with van der Waals surface area (Å²) in [5.41, 5.74) is -1.50. The van der Waals surface area contributed by atoms with E-state index in [2.05, 4.69) is 10.3 Å². The van der Waals surface area contributed by atoms with Crippen molar-refractivity contribution in [2.24, 2.45) is 5.92 Å². The number of nitrogens with zero attached hydrogens (tertiary/aromatic N) is 2. The quantitative estimate of drug-likeness (QED) is 0.703. The largest absolute Gasteiger partial charge is 0.440 e. The number of hydrogen-bond donors (Lipinski definition) is 3. The average Bonchev–Trinajstić information content (AvgIpc) is 3.32. The van der Waals surface area contributed by atoms with Gasteiger partial charge in [-0.1, -0.05) is 25.7 Å². The van der Waals surface area contributed by atoms with E-state index in [4.69, 9.17) is 0 Å². The number of aliphatic hydroxyl groups excluding tert-OH is 1. The normalized spacial score (nSPS) is 22.9. The Hall–Kier alpha value is -2.62. The van der Waals surface area contributed by atoms with E-state index in [0.29, 0.717) is 10.1 Å². The Morgan fingerprint density at radius 2 is 1.97 bits per heavy atom. The molecule has 1 fully saturated rings. The fourth-order valence-electron chi connectivity index (χ4n) is 4.42. The standard InChI is InChI=1S/C20H23F3N4O3/c1-10-7-13-14(8-11(10)2)27-18(24-13)25-17(30)19(27,20(21,22)23)26-16(29)15(28)9-12-5-3-4-6-12/h7-8,12,15,28H,3-6,9H2,1-2H3,(H,26,29)(H,24,25,30)/t15-,19?/m0/s1. The highest BCUT2D eigenvalue weighted by atomic mass is 19.4. The number of aliphatic hydroxyl groups is 1.